The van der Waals surface area contributed by atoms with E-state index in [1.165, 1.54) is 32.1 Å². The quantitative estimate of drug-likeness (QED) is 0.752. The molecule has 8 nitrogen and oxygen atoms in total. The van der Waals surface area contributed by atoms with E-state index in [9.17, 15) is 0 Å². The smallest absolute Gasteiger partial charge is 0.324 e. The summed E-state index contributed by atoms with van der Waals surface area (Å²) in [6.07, 6.45) is 11.9. The number of piperidine rings is 2. The van der Waals surface area contributed by atoms with Gasteiger partial charge in [-0.05, 0) is 50.9 Å². The molecule has 3 fully saturated rings. The lowest BCUT2D eigenvalue weighted by Gasteiger charge is -2.30. The van der Waals surface area contributed by atoms with Crippen LogP contribution in [0.25, 0.3) is 0 Å². The number of anilines is 2. The van der Waals surface area contributed by atoms with Gasteiger partial charge >= 0.3 is 6.01 Å². The molecule has 3 aliphatic rings. The molecule has 2 aliphatic heterocycles. The van der Waals surface area contributed by atoms with Crippen molar-refractivity contribution in [3.63, 3.8) is 0 Å². The lowest BCUT2D eigenvalue weighted by Crippen LogP contribution is -2.35. The topological polar surface area (TPSA) is 80.4 Å². The first-order valence-electron chi connectivity index (χ1n) is 10.6. The van der Waals surface area contributed by atoms with Crippen LogP contribution in [-0.4, -0.2) is 52.9 Å². The average Bonchev–Trinajstić information content (AvgIpc) is 3.50. The Morgan fingerprint density at radius 2 is 1.75 bits per heavy atom. The van der Waals surface area contributed by atoms with Crippen LogP contribution in [0, 0.1) is 5.92 Å². The fourth-order valence-electron chi connectivity index (χ4n) is 4.03. The Bertz CT molecular complexity index is 761. The summed E-state index contributed by atoms with van der Waals surface area (Å²) in [4.78, 5) is 18.1. The second kappa shape index (κ2) is 7.93. The highest BCUT2D eigenvalue weighted by Crippen LogP contribution is 2.39. The Morgan fingerprint density at radius 1 is 0.929 bits per heavy atom. The summed E-state index contributed by atoms with van der Waals surface area (Å²) in [5, 5.41) is 4.12. The fraction of sp³-hybridized carbons (Fsp3) is 0.700. The van der Waals surface area contributed by atoms with Crippen molar-refractivity contribution in [1.29, 1.82) is 0 Å². The Morgan fingerprint density at radius 3 is 2.46 bits per heavy atom. The van der Waals surface area contributed by atoms with Crippen LogP contribution in [0.5, 0.6) is 5.88 Å². The third-order valence-electron chi connectivity index (χ3n) is 6.02. The molecule has 0 N–H and O–H groups in total. The maximum absolute atomic E-state index is 5.91. The molecule has 8 heteroatoms. The molecule has 0 unspecified atom stereocenters. The molecule has 0 aromatic carbocycles. The van der Waals surface area contributed by atoms with Crippen molar-refractivity contribution in [3.8, 4) is 5.88 Å². The number of nitrogens with zero attached hydrogens (tertiary/aromatic N) is 6. The first-order chi connectivity index (χ1) is 13.8. The summed E-state index contributed by atoms with van der Waals surface area (Å²) in [6.45, 7) is 4.70. The molecule has 150 valence electrons. The van der Waals surface area contributed by atoms with Gasteiger partial charge < -0.3 is 19.1 Å². The van der Waals surface area contributed by atoms with Gasteiger partial charge in [-0.25, -0.2) is 9.97 Å². The van der Waals surface area contributed by atoms with Gasteiger partial charge in [0.2, 0.25) is 5.88 Å². The number of rotatable bonds is 6. The van der Waals surface area contributed by atoms with Crippen LogP contribution in [0.15, 0.2) is 16.9 Å². The Labute approximate surface area is 165 Å². The second-order valence-corrected chi connectivity index (χ2v) is 8.21. The molecular formula is C20H28N6O2. The Kier molecular flexibility index (Phi) is 5.01. The first-order valence-corrected chi connectivity index (χ1v) is 10.6. The molecule has 0 radical (unpaired) electrons. The molecule has 0 atom stereocenters. The van der Waals surface area contributed by atoms with E-state index in [4.69, 9.17) is 9.26 Å². The molecule has 5 rings (SSSR count). The summed E-state index contributed by atoms with van der Waals surface area (Å²) < 4.78 is 11.4. The van der Waals surface area contributed by atoms with E-state index >= 15 is 0 Å². The van der Waals surface area contributed by atoms with Crippen molar-refractivity contribution in [2.75, 3.05) is 42.6 Å². The van der Waals surface area contributed by atoms with E-state index in [1.54, 1.807) is 6.20 Å². The van der Waals surface area contributed by atoms with Crippen LogP contribution in [0.4, 0.5) is 11.8 Å². The van der Waals surface area contributed by atoms with Gasteiger partial charge in [-0.2, -0.15) is 4.98 Å². The van der Waals surface area contributed by atoms with Crippen molar-refractivity contribution >= 4 is 11.8 Å². The van der Waals surface area contributed by atoms with E-state index in [-0.39, 0.29) is 0 Å². The number of hydrogen-bond acceptors (Lipinski definition) is 8. The molecule has 28 heavy (non-hydrogen) atoms. The standard InChI is InChI=1S/C20H28N6O2/c1-2-8-25(9-3-1)17-12-22-18(13-21-17)27-14-15-6-10-26(11-7-15)20-23-19(24-28-20)16-4-5-16/h12-13,15-16H,1-11,14H2. The van der Waals surface area contributed by atoms with E-state index in [0.29, 0.717) is 30.3 Å². The minimum absolute atomic E-state index is 0.519. The van der Waals surface area contributed by atoms with Crippen LogP contribution in [0.3, 0.4) is 0 Å². The summed E-state index contributed by atoms with van der Waals surface area (Å²) in [6, 6.07) is 0.681. The zero-order valence-corrected chi connectivity index (χ0v) is 16.3. The van der Waals surface area contributed by atoms with Crippen LogP contribution in [-0.2, 0) is 0 Å². The molecular weight excluding hydrogens is 356 g/mol. The zero-order valence-electron chi connectivity index (χ0n) is 16.3. The molecule has 1 saturated carbocycles. The van der Waals surface area contributed by atoms with Crippen molar-refractivity contribution < 1.29 is 9.26 Å². The summed E-state index contributed by atoms with van der Waals surface area (Å²) >= 11 is 0. The largest absolute Gasteiger partial charge is 0.476 e. The average molecular weight is 384 g/mol. The normalized spacial score (nSPS) is 21.1. The third-order valence-corrected chi connectivity index (χ3v) is 6.02. The molecule has 0 bridgehead atoms. The number of aromatic nitrogens is 4. The van der Waals surface area contributed by atoms with E-state index < -0.39 is 0 Å². The van der Waals surface area contributed by atoms with Gasteiger partial charge in [-0.3, -0.25) is 0 Å². The van der Waals surface area contributed by atoms with Crippen LogP contribution < -0.4 is 14.5 Å². The summed E-state index contributed by atoms with van der Waals surface area (Å²) in [5.74, 6) is 3.52. The van der Waals surface area contributed by atoms with Crippen molar-refractivity contribution in [2.45, 2.75) is 50.9 Å². The van der Waals surface area contributed by atoms with Gasteiger partial charge in [-0.1, -0.05) is 5.16 Å². The lowest BCUT2D eigenvalue weighted by atomic mass is 9.98. The minimum atomic E-state index is 0.519. The van der Waals surface area contributed by atoms with Crippen LogP contribution >= 0.6 is 0 Å². The molecule has 2 aromatic heterocycles. The van der Waals surface area contributed by atoms with Gasteiger partial charge in [0.25, 0.3) is 0 Å². The van der Waals surface area contributed by atoms with Gasteiger partial charge in [0, 0.05) is 32.1 Å². The highest BCUT2D eigenvalue weighted by Gasteiger charge is 2.30. The fourth-order valence-corrected chi connectivity index (χ4v) is 4.03. The van der Waals surface area contributed by atoms with E-state index in [2.05, 4.69) is 29.9 Å². The first kappa shape index (κ1) is 17.7. The molecule has 2 aromatic rings. The number of ether oxygens (including phenoxy) is 1. The van der Waals surface area contributed by atoms with Gasteiger partial charge in [0.1, 0.15) is 5.82 Å². The van der Waals surface area contributed by atoms with Gasteiger partial charge in [0.05, 0.1) is 19.0 Å². The molecule has 0 spiro atoms. The lowest BCUT2D eigenvalue weighted by molar-refractivity contribution is 0.213. The predicted molar refractivity (Wildman–Crippen MR) is 105 cm³/mol. The van der Waals surface area contributed by atoms with Crippen molar-refractivity contribution in [3.05, 3.63) is 18.2 Å². The zero-order chi connectivity index (χ0) is 18.8. The van der Waals surface area contributed by atoms with Crippen molar-refractivity contribution in [2.24, 2.45) is 5.92 Å². The Hall–Kier alpha value is -2.38. The van der Waals surface area contributed by atoms with Crippen molar-refractivity contribution in [1.82, 2.24) is 20.1 Å². The molecule has 1 aliphatic carbocycles. The number of hydrogen-bond donors (Lipinski definition) is 0. The third kappa shape index (κ3) is 4.05. The molecule has 4 heterocycles. The van der Waals surface area contributed by atoms with Gasteiger partial charge in [-0.15, -0.1) is 0 Å². The van der Waals surface area contributed by atoms with E-state index in [0.717, 1.165) is 50.7 Å². The Balaban J connectivity index is 1.08. The highest BCUT2D eigenvalue weighted by atomic mass is 16.5. The minimum Gasteiger partial charge on any atom is -0.476 e. The van der Waals surface area contributed by atoms with Gasteiger partial charge in [0.15, 0.2) is 5.82 Å². The predicted octanol–water partition coefficient (Wildman–Crippen LogP) is 3.02. The highest BCUT2D eigenvalue weighted by molar-refractivity contribution is 5.36. The molecule has 0 amide bonds. The maximum Gasteiger partial charge on any atom is 0.324 e. The molecule has 2 saturated heterocycles. The van der Waals surface area contributed by atoms with Crippen LogP contribution in [0.2, 0.25) is 0 Å². The summed E-state index contributed by atoms with van der Waals surface area (Å²) in [5.41, 5.74) is 0. The SMILES string of the molecule is c1nc(N2CCCCC2)cnc1OCC1CCN(c2nc(C3CC3)no2)CC1. The van der Waals surface area contributed by atoms with Crippen LogP contribution in [0.1, 0.15) is 56.7 Å². The van der Waals surface area contributed by atoms with E-state index in [1.807, 2.05) is 6.20 Å². The maximum atomic E-state index is 5.91. The monoisotopic (exact) mass is 384 g/mol. The summed E-state index contributed by atoms with van der Waals surface area (Å²) in [7, 11) is 0. The second-order valence-electron chi connectivity index (χ2n) is 8.21.